The number of nitrogens with zero attached hydrogens (tertiary/aromatic N) is 5. The summed E-state index contributed by atoms with van der Waals surface area (Å²) in [5, 5.41) is 8.56. The molecule has 0 spiro atoms. The summed E-state index contributed by atoms with van der Waals surface area (Å²) in [7, 11) is -2.41. The van der Waals surface area contributed by atoms with E-state index in [4.69, 9.17) is 14.9 Å². The molecule has 11 nitrogen and oxygen atoms in total. The number of pyridine rings is 1. The van der Waals surface area contributed by atoms with Crippen LogP contribution in [0.25, 0.3) is 10.9 Å². The van der Waals surface area contributed by atoms with E-state index in [1.54, 1.807) is 0 Å². The molecule has 0 amide bonds. The molecule has 1 saturated heterocycles. The highest BCUT2D eigenvalue weighted by Crippen LogP contribution is 2.42. The van der Waals surface area contributed by atoms with Gasteiger partial charge in [0.25, 0.3) is 5.56 Å². The molecule has 2 aliphatic rings. The summed E-state index contributed by atoms with van der Waals surface area (Å²) in [4.78, 5) is 26.8. The Hall–Kier alpha value is -4.00. The average molecular weight is 562 g/mol. The second-order valence-electron chi connectivity index (χ2n) is 10.2. The van der Waals surface area contributed by atoms with Gasteiger partial charge in [0.2, 0.25) is 5.95 Å². The molecule has 1 aliphatic carbocycles. The van der Waals surface area contributed by atoms with Crippen LogP contribution in [0.15, 0.2) is 65.6 Å². The number of anilines is 4. The van der Waals surface area contributed by atoms with Gasteiger partial charge in [-0.3, -0.25) is 4.79 Å². The number of nitrogens with one attached hydrogen (secondary N) is 1. The summed E-state index contributed by atoms with van der Waals surface area (Å²) in [6.07, 6.45) is 3.52. The number of fused-ring (bicyclic) bond motifs is 1. The van der Waals surface area contributed by atoms with Crippen molar-refractivity contribution in [3.63, 3.8) is 0 Å². The number of morpholine rings is 1. The summed E-state index contributed by atoms with van der Waals surface area (Å²) in [6.45, 7) is 3.58. The van der Waals surface area contributed by atoms with Crippen molar-refractivity contribution in [3.05, 3.63) is 82.3 Å². The van der Waals surface area contributed by atoms with E-state index < -0.39 is 15.8 Å². The highest BCUT2D eigenvalue weighted by molar-refractivity contribution is 7.87. The number of aromatic nitrogens is 3. The van der Waals surface area contributed by atoms with Crippen molar-refractivity contribution in [1.82, 2.24) is 13.9 Å². The molecule has 1 saturated carbocycles. The van der Waals surface area contributed by atoms with E-state index in [2.05, 4.69) is 33.4 Å². The first kappa shape index (κ1) is 26.2. The molecular weight excluding hydrogens is 530 g/mol. The lowest BCUT2D eigenvalue weighted by Crippen LogP contribution is -2.36. The van der Waals surface area contributed by atoms with Crippen molar-refractivity contribution < 1.29 is 13.2 Å². The Morgan fingerprint density at radius 2 is 1.77 bits per heavy atom. The zero-order valence-corrected chi connectivity index (χ0v) is 23.0. The Kier molecular flexibility index (Phi) is 6.90. The van der Waals surface area contributed by atoms with Crippen LogP contribution in [0.2, 0.25) is 0 Å². The third kappa shape index (κ3) is 5.37. The van der Waals surface area contributed by atoms with Gasteiger partial charge in [-0.1, -0.05) is 24.3 Å². The molecule has 0 atom stereocenters. The molecule has 40 heavy (non-hydrogen) atoms. The van der Waals surface area contributed by atoms with Crippen molar-refractivity contribution in [2.24, 2.45) is 5.14 Å². The minimum Gasteiger partial charge on any atom is -0.378 e. The molecule has 2 aromatic heterocycles. The lowest BCUT2D eigenvalue weighted by Gasteiger charge is -2.29. The van der Waals surface area contributed by atoms with Crippen molar-refractivity contribution >= 4 is 44.3 Å². The van der Waals surface area contributed by atoms with E-state index >= 15 is 0 Å². The van der Waals surface area contributed by atoms with Crippen molar-refractivity contribution in [1.29, 1.82) is 0 Å². The van der Waals surface area contributed by atoms with Gasteiger partial charge in [0.15, 0.2) is 0 Å². The Morgan fingerprint density at radius 1 is 1.05 bits per heavy atom. The summed E-state index contributed by atoms with van der Waals surface area (Å²) >= 11 is 0. The zero-order chi connectivity index (χ0) is 27.9. The first-order valence-corrected chi connectivity index (χ1v) is 14.7. The highest BCUT2D eigenvalue weighted by Gasteiger charge is 2.26. The Bertz CT molecular complexity index is 1710. The van der Waals surface area contributed by atoms with Gasteiger partial charge in [-0.15, -0.1) is 0 Å². The summed E-state index contributed by atoms with van der Waals surface area (Å²) in [5.74, 6) is 1.19. The van der Waals surface area contributed by atoms with E-state index in [0.717, 1.165) is 25.0 Å². The minimum atomic E-state index is -4.31. The van der Waals surface area contributed by atoms with E-state index in [1.807, 2.05) is 42.3 Å². The van der Waals surface area contributed by atoms with Crippen LogP contribution in [0.3, 0.4) is 0 Å². The van der Waals surface area contributed by atoms with E-state index in [0.29, 0.717) is 46.8 Å². The minimum absolute atomic E-state index is 0.0318. The van der Waals surface area contributed by atoms with Crippen LogP contribution in [-0.4, -0.2) is 55.7 Å². The van der Waals surface area contributed by atoms with Gasteiger partial charge < -0.3 is 19.9 Å². The molecule has 3 N–H and O–H groups in total. The Balaban J connectivity index is 1.38. The van der Waals surface area contributed by atoms with Crippen molar-refractivity contribution in [2.75, 3.05) is 48.5 Å². The summed E-state index contributed by atoms with van der Waals surface area (Å²) in [6, 6.07) is 17.6. The predicted octanol–water partition coefficient (Wildman–Crippen LogP) is 2.94. The molecule has 3 heterocycles. The van der Waals surface area contributed by atoms with Crippen LogP contribution in [0.4, 0.5) is 23.1 Å². The number of hydrogen-bond donors (Lipinski definition) is 2. The molecule has 12 heteroatoms. The van der Waals surface area contributed by atoms with Gasteiger partial charge in [-0.25, -0.2) is 10.1 Å². The lowest BCUT2D eigenvalue weighted by molar-refractivity contribution is 0.122. The fraction of sp³-hybridized carbons (Fsp3) is 0.321. The number of ether oxygens (including phenoxy) is 1. The molecule has 0 unspecified atom stereocenters. The first-order valence-electron chi connectivity index (χ1n) is 13.2. The normalized spacial score (nSPS) is 15.8. The number of nitrogens with two attached hydrogens (primary N) is 1. The van der Waals surface area contributed by atoms with Crippen LogP contribution in [-0.2, 0) is 21.5 Å². The lowest BCUT2D eigenvalue weighted by atomic mass is 10.0. The fourth-order valence-corrected chi connectivity index (χ4v) is 5.64. The van der Waals surface area contributed by atoms with E-state index in [9.17, 15) is 13.2 Å². The summed E-state index contributed by atoms with van der Waals surface area (Å²) < 4.78 is 30.1. The second kappa shape index (κ2) is 10.5. The maximum absolute atomic E-state index is 13.3. The van der Waals surface area contributed by atoms with Crippen molar-refractivity contribution in [3.8, 4) is 0 Å². The zero-order valence-electron chi connectivity index (χ0n) is 22.2. The third-order valence-corrected chi connectivity index (χ3v) is 8.14. The van der Waals surface area contributed by atoms with Crippen LogP contribution in [0, 0.1) is 0 Å². The van der Waals surface area contributed by atoms with Gasteiger partial charge in [0.05, 0.1) is 18.7 Å². The largest absolute Gasteiger partial charge is 0.378 e. The Labute approximate surface area is 232 Å². The quantitative estimate of drug-likeness (QED) is 0.333. The molecule has 2 fully saturated rings. The highest BCUT2D eigenvalue weighted by atomic mass is 32.2. The van der Waals surface area contributed by atoms with Crippen LogP contribution in [0.1, 0.15) is 29.9 Å². The summed E-state index contributed by atoms with van der Waals surface area (Å²) in [5.41, 5.74) is 3.78. The van der Waals surface area contributed by atoms with Crippen molar-refractivity contribution in [2.45, 2.75) is 25.3 Å². The fourth-order valence-electron chi connectivity index (χ4n) is 5.09. The van der Waals surface area contributed by atoms with Gasteiger partial charge >= 0.3 is 10.2 Å². The van der Waals surface area contributed by atoms with Crippen LogP contribution >= 0.6 is 0 Å². The number of rotatable bonds is 8. The molecule has 1 aliphatic heterocycles. The van der Waals surface area contributed by atoms with Gasteiger partial charge in [-0.05, 0) is 60.2 Å². The maximum Gasteiger partial charge on any atom is 0.305 e. The molecular formula is C28H31N7O4S. The predicted molar refractivity (Wildman–Crippen MR) is 156 cm³/mol. The SMILES string of the molecule is CN(Cc1ccccc1C1CC1)c1nc(Nc2ccc(N3CCOCC3)cc2)c2c(=O)n(S(N)(=O)=O)ccc2n1. The number of benzene rings is 2. The molecule has 208 valence electrons. The molecule has 0 radical (unpaired) electrons. The monoisotopic (exact) mass is 561 g/mol. The van der Waals surface area contributed by atoms with E-state index in [-0.39, 0.29) is 11.2 Å². The molecule has 6 rings (SSSR count). The molecule has 2 aromatic carbocycles. The van der Waals surface area contributed by atoms with Crippen LogP contribution < -0.4 is 25.8 Å². The molecule has 0 bridgehead atoms. The maximum atomic E-state index is 13.3. The van der Waals surface area contributed by atoms with Crippen LogP contribution in [0.5, 0.6) is 0 Å². The van der Waals surface area contributed by atoms with Gasteiger partial charge in [-0.2, -0.15) is 17.4 Å². The topological polar surface area (TPSA) is 136 Å². The first-order chi connectivity index (χ1) is 19.3. The Morgan fingerprint density at radius 3 is 2.48 bits per heavy atom. The number of hydrogen-bond acceptors (Lipinski definition) is 9. The van der Waals surface area contributed by atoms with Gasteiger partial charge in [0.1, 0.15) is 11.2 Å². The average Bonchev–Trinajstić information content (AvgIpc) is 3.79. The van der Waals surface area contributed by atoms with Gasteiger partial charge in [0, 0.05) is 44.3 Å². The van der Waals surface area contributed by atoms with E-state index in [1.165, 1.54) is 30.0 Å². The smallest absolute Gasteiger partial charge is 0.305 e. The molecule has 4 aromatic rings. The second-order valence-corrected chi connectivity index (χ2v) is 11.6. The third-order valence-electron chi connectivity index (χ3n) is 7.31. The standard InChI is InChI=1S/C28H31N7O4S/c1-33(18-20-4-2-3-5-23(20)19-6-7-19)28-31-24-12-13-35(40(29,37)38)27(36)25(24)26(32-28)30-21-8-10-22(11-9-21)34-14-16-39-17-15-34/h2-5,8-13,19H,6-7,14-18H2,1H3,(H2,29,37,38)(H,30,31,32).